The van der Waals surface area contributed by atoms with Crippen molar-refractivity contribution in [2.45, 2.75) is 39.7 Å². The molecule has 0 spiro atoms. The standard InChI is InChI=1S/C16H22N4/c1-4-7-18-16(10-14-6-5-8-17-11-14)15-9-12(2)19-20-13(15)3/h5-6,8-9,11,16,18H,4,7,10H2,1-3H3. The second-order valence-electron chi connectivity index (χ2n) is 5.10. The maximum atomic E-state index is 4.24. The average Bonchev–Trinajstić information content (AvgIpc) is 2.47. The zero-order chi connectivity index (χ0) is 14.4. The Hall–Kier alpha value is -1.81. The van der Waals surface area contributed by atoms with Gasteiger partial charge in [0.1, 0.15) is 0 Å². The Morgan fingerprint density at radius 2 is 2.10 bits per heavy atom. The monoisotopic (exact) mass is 270 g/mol. The second-order valence-corrected chi connectivity index (χ2v) is 5.10. The fourth-order valence-electron chi connectivity index (χ4n) is 2.29. The highest BCUT2D eigenvalue weighted by Crippen LogP contribution is 2.20. The molecule has 0 aliphatic heterocycles. The molecule has 0 fully saturated rings. The normalized spacial score (nSPS) is 12.3. The van der Waals surface area contributed by atoms with Gasteiger partial charge in [0.2, 0.25) is 0 Å². The first-order chi connectivity index (χ1) is 9.70. The van der Waals surface area contributed by atoms with Gasteiger partial charge < -0.3 is 5.32 Å². The second kappa shape index (κ2) is 7.10. The third kappa shape index (κ3) is 3.84. The molecule has 1 atom stereocenters. The van der Waals surface area contributed by atoms with E-state index in [1.54, 1.807) is 6.20 Å². The van der Waals surface area contributed by atoms with Crippen molar-refractivity contribution in [1.29, 1.82) is 0 Å². The van der Waals surface area contributed by atoms with E-state index in [-0.39, 0.29) is 6.04 Å². The summed E-state index contributed by atoms with van der Waals surface area (Å²) in [5, 5.41) is 12.0. The Labute approximate surface area is 120 Å². The summed E-state index contributed by atoms with van der Waals surface area (Å²) >= 11 is 0. The minimum Gasteiger partial charge on any atom is -0.310 e. The van der Waals surface area contributed by atoms with E-state index in [1.807, 2.05) is 26.1 Å². The van der Waals surface area contributed by atoms with Gasteiger partial charge in [0, 0.05) is 18.4 Å². The van der Waals surface area contributed by atoms with E-state index in [0.29, 0.717) is 0 Å². The molecule has 0 aliphatic rings. The van der Waals surface area contributed by atoms with Crippen LogP contribution in [0.1, 0.15) is 41.9 Å². The summed E-state index contributed by atoms with van der Waals surface area (Å²) in [6.07, 6.45) is 5.76. The van der Waals surface area contributed by atoms with Crippen LogP contribution < -0.4 is 5.32 Å². The van der Waals surface area contributed by atoms with Gasteiger partial charge in [0.05, 0.1) is 11.4 Å². The molecule has 0 bridgehead atoms. The van der Waals surface area contributed by atoms with Gasteiger partial charge >= 0.3 is 0 Å². The first-order valence-corrected chi connectivity index (χ1v) is 7.13. The molecule has 2 aromatic rings. The summed E-state index contributed by atoms with van der Waals surface area (Å²) in [7, 11) is 0. The Bertz CT molecular complexity index is 539. The van der Waals surface area contributed by atoms with Crippen LogP contribution in [0.3, 0.4) is 0 Å². The van der Waals surface area contributed by atoms with Crippen molar-refractivity contribution < 1.29 is 0 Å². The van der Waals surface area contributed by atoms with Gasteiger partial charge in [0.15, 0.2) is 0 Å². The van der Waals surface area contributed by atoms with Gasteiger partial charge in [-0.1, -0.05) is 13.0 Å². The first kappa shape index (κ1) is 14.6. The molecule has 0 saturated heterocycles. The number of aryl methyl sites for hydroxylation is 2. The van der Waals surface area contributed by atoms with E-state index in [1.165, 1.54) is 11.1 Å². The molecule has 0 saturated carbocycles. The number of aromatic nitrogens is 3. The van der Waals surface area contributed by atoms with Crippen molar-refractivity contribution >= 4 is 0 Å². The van der Waals surface area contributed by atoms with Crippen molar-refractivity contribution in [3.05, 3.63) is 53.1 Å². The third-order valence-electron chi connectivity index (χ3n) is 3.32. The average molecular weight is 270 g/mol. The largest absolute Gasteiger partial charge is 0.310 e. The van der Waals surface area contributed by atoms with Gasteiger partial charge in [-0.25, -0.2) is 0 Å². The molecule has 4 nitrogen and oxygen atoms in total. The summed E-state index contributed by atoms with van der Waals surface area (Å²) in [6, 6.07) is 6.49. The molecule has 1 N–H and O–H groups in total. The van der Waals surface area contributed by atoms with Crippen LogP contribution in [0, 0.1) is 13.8 Å². The molecule has 2 rings (SSSR count). The highest BCUT2D eigenvalue weighted by atomic mass is 15.1. The Kier molecular flexibility index (Phi) is 5.18. The predicted octanol–water partition coefficient (Wildman–Crippen LogP) is 2.77. The number of pyridine rings is 1. The summed E-state index contributed by atoms with van der Waals surface area (Å²) < 4.78 is 0. The molecular formula is C16H22N4. The zero-order valence-corrected chi connectivity index (χ0v) is 12.4. The molecule has 106 valence electrons. The highest BCUT2D eigenvalue weighted by Gasteiger charge is 2.15. The van der Waals surface area contributed by atoms with E-state index < -0.39 is 0 Å². The lowest BCUT2D eigenvalue weighted by molar-refractivity contribution is 0.522. The van der Waals surface area contributed by atoms with E-state index >= 15 is 0 Å². The third-order valence-corrected chi connectivity index (χ3v) is 3.32. The smallest absolute Gasteiger partial charge is 0.0648 e. The van der Waals surface area contributed by atoms with Crippen molar-refractivity contribution in [2.75, 3.05) is 6.54 Å². The van der Waals surface area contributed by atoms with Crippen LogP contribution in [-0.4, -0.2) is 21.7 Å². The van der Waals surface area contributed by atoms with Crippen molar-refractivity contribution in [2.24, 2.45) is 0 Å². The van der Waals surface area contributed by atoms with Gasteiger partial charge in [-0.2, -0.15) is 10.2 Å². The number of nitrogens with zero attached hydrogens (tertiary/aromatic N) is 3. The lowest BCUT2D eigenvalue weighted by atomic mass is 9.98. The number of nitrogens with one attached hydrogen (secondary N) is 1. The Morgan fingerprint density at radius 1 is 1.25 bits per heavy atom. The minimum absolute atomic E-state index is 0.258. The predicted molar refractivity (Wildman–Crippen MR) is 80.5 cm³/mol. The van der Waals surface area contributed by atoms with Crippen LogP contribution in [0.2, 0.25) is 0 Å². The molecule has 0 radical (unpaired) electrons. The van der Waals surface area contributed by atoms with Crippen LogP contribution in [-0.2, 0) is 6.42 Å². The summed E-state index contributed by atoms with van der Waals surface area (Å²) in [5.74, 6) is 0. The molecule has 2 aromatic heterocycles. The first-order valence-electron chi connectivity index (χ1n) is 7.13. The van der Waals surface area contributed by atoms with Crippen LogP contribution in [0.25, 0.3) is 0 Å². The van der Waals surface area contributed by atoms with E-state index in [0.717, 1.165) is 30.8 Å². The maximum Gasteiger partial charge on any atom is 0.0648 e. The Balaban J connectivity index is 2.24. The highest BCUT2D eigenvalue weighted by molar-refractivity contribution is 5.26. The maximum absolute atomic E-state index is 4.24. The van der Waals surface area contributed by atoms with Gasteiger partial charge in [-0.05, 0) is 56.5 Å². The van der Waals surface area contributed by atoms with Crippen molar-refractivity contribution in [1.82, 2.24) is 20.5 Å². The number of hydrogen-bond acceptors (Lipinski definition) is 4. The fraction of sp³-hybridized carbons (Fsp3) is 0.438. The molecule has 0 aliphatic carbocycles. The molecular weight excluding hydrogens is 248 g/mol. The van der Waals surface area contributed by atoms with Gasteiger partial charge in [-0.3, -0.25) is 4.98 Å². The van der Waals surface area contributed by atoms with Crippen LogP contribution >= 0.6 is 0 Å². The van der Waals surface area contributed by atoms with E-state index in [9.17, 15) is 0 Å². The number of hydrogen-bond donors (Lipinski definition) is 1. The van der Waals surface area contributed by atoms with E-state index in [2.05, 4.69) is 39.6 Å². The fourth-order valence-corrected chi connectivity index (χ4v) is 2.29. The topological polar surface area (TPSA) is 50.7 Å². The molecule has 0 aromatic carbocycles. The lowest BCUT2D eigenvalue weighted by Crippen LogP contribution is -2.25. The molecule has 2 heterocycles. The summed E-state index contributed by atoms with van der Waals surface area (Å²) in [5.41, 5.74) is 4.41. The zero-order valence-electron chi connectivity index (χ0n) is 12.4. The molecule has 0 amide bonds. The molecule has 20 heavy (non-hydrogen) atoms. The van der Waals surface area contributed by atoms with Crippen LogP contribution in [0.15, 0.2) is 30.6 Å². The van der Waals surface area contributed by atoms with Crippen LogP contribution in [0.5, 0.6) is 0 Å². The SMILES string of the molecule is CCCNC(Cc1cccnc1)c1cc(C)nnc1C. The van der Waals surface area contributed by atoms with Crippen molar-refractivity contribution in [3.63, 3.8) is 0 Å². The van der Waals surface area contributed by atoms with Crippen LogP contribution in [0.4, 0.5) is 0 Å². The van der Waals surface area contributed by atoms with Gasteiger partial charge in [-0.15, -0.1) is 0 Å². The molecule has 1 unspecified atom stereocenters. The molecule has 4 heteroatoms. The van der Waals surface area contributed by atoms with Crippen molar-refractivity contribution in [3.8, 4) is 0 Å². The lowest BCUT2D eigenvalue weighted by Gasteiger charge is -2.20. The quantitative estimate of drug-likeness (QED) is 0.877. The number of rotatable bonds is 6. The summed E-state index contributed by atoms with van der Waals surface area (Å²) in [6.45, 7) is 7.17. The van der Waals surface area contributed by atoms with E-state index in [4.69, 9.17) is 0 Å². The summed E-state index contributed by atoms with van der Waals surface area (Å²) in [4.78, 5) is 4.20. The van der Waals surface area contributed by atoms with Gasteiger partial charge in [0.25, 0.3) is 0 Å². The Morgan fingerprint density at radius 3 is 2.80 bits per heavy atom. The minimum atomic E-state index is 0.258.